The van der Waals surface area contributed by atoms with Crippen LogP contribution in [0.3, 0.4) is 0 Å². The van der Waals surface area contributed by atoms with Gasteiger partial charge in [-0.2, -0.15) is 15.0 Å². The van der Waals surface area contributed by atoms with Crippen molar-refractivity contribution >= 4 is 5.91 Å². The molecule has 4 rings (SSSR count). The molecule has 8 nitrogen and oxygen atoms in total. The van der Waals surface area contributed by atoms with E-state index in [2.05, 4.69) is 25.5 Å². The van der Waals surface area contributed by atoms with Crippen molar-refractivity contribution in [3.05, 3.63) is 84.1 Å². The number of nitrogens with zero attached hydrogens (tertiary/aromatic N) is 6. The molecule has 0 unspecified atom stereocenters. The van der Waals surface area contributed by atoms with E-state index in [1.165, 1.54) is 10.9 Å². The lowest BCUT2D eigenvalue weighted by atomic mass is 10.1. The first kappa shape index (κ1) is 18.5. The summed E-state index contributed by atoms with van der Waals surface area (Å²) in [6, 6.07) is 8.46. The van der Waals surface area contributed by atoms with Gasteiger partial charge < -0.3 is 5.32 Å². The number of aromatic nitrogens is 6. The van der Waals surface area contributed by atoms with Gasteiger partial charge in [-0.3, -0.25) is 9.36 Å². The number of benzene rings is 1. The molecule has 146 valence electrons. The van der Waals surface area contributed by atoms with Crippen molar-refractivity contribution in [1.82, 2.24) is 34.8 Å². The fourth-order valence-corrected chi connectivity index (χ4v) is 2.88. The molecular formula is C20H18FN7O. The fourth-order valence-electron chi connectivity index (χ4n) is 2.88. The lowest BCUT2D eigenvalue weighted by Gasteiger charge is -2.10. The second-order valence-corrected chi connectivity index (χ2v) is 6.45. The number of aryl methyl sites for hydroxylation is 1. The molecule has 0 atom stereocenters. The van der Waals surface area contributed by atoms with Gasteiger partial charge in [0.1, 0.15) is 18.0 Å². The third-order valence-corrected chi connectivity index (χ3v) is 4.31. The molecule has 0 fully saturated rings. The zero-order chi connectivity index (χ0) is 20.2. The molecule has 0 spiro atoms. The van der Waals surface area contributed by atoms with E-state index in [9.17, 15) is 9.18 Å². The maximum Gasteiger partial charge on any atom is 0.253 e. The Bertz CT molecular complexity index is 1120. The standard InChI is InChI=1S/C20H18FN7O/c1-14-2-4-18(28-25-8-9-26-28)17(10-14)20(29)22-7-6-16-12-27(13-24-16)19-5-3-15(21)11-23-19/h2-5,8-13H,6-7H2,1H3,(H,22,29). The zero-order valence-corrected chi connectivity index (χ0v) is 15.7. The van der Waals surface area contributed by atoms with Crippen LogP contribution >= 0.6 is 0 Å². The van der Waals surface area contributed by atoms with Crippen molar-refractivity contribution < 1.29 is 9.18 Å². The van der Waals surface area contributed by atoms with Crippen LogP contribution in [0.2, 0.25) is 0 Å². The molecule has 4 aromatic rings. The summed E-state index contributed by atoms with van der Waals surface area (Å²) in [7, 11) is 0. The Morgan fingerprint density at radius 2 is 1.97 bits per heavy atom. The van der Waals surface area contributed by atoms with Gasteiger partial charge in [0.15, 0.2) is 0 Å². The number of amides is 1. The van der Waals surface area contributed by atoms with Gasteiger partial charge in [0.2, 0.25) is 0 Å². The molecule has 0 saturated heterocycles. The largest absolute Gasteiger partial charge is 0.352 e. The quantitative estimate of drug-likeness (QED) is 0.545. The van der Waals surface area contributed by atoms with Gasteiger partial charge in [0.05, 0.1) is 35.5 Å². The van der Waals surface area contributed by atoms with E-state index in [0.717, 1.165) is 17.5 Å². The first-order valence-corrected chi connectivity index (χ1v) is 9.00. The molecule has 3 heterocycles. The highest BCUT2D eigenvalue weighted by Gasteiger charge is 2.14. The van der Waals surface area contributed by atoms with E-state index < -0.39 is 5.82 Å². The van der Waals surface area contributed by atoms with E-state index in [-0.39, 0.29) is 5.91 Å². The van der Waals surface area contributed by atoms with E-state index in [0.29, 0.717) is 30.0 Å². The van der Waals surface area contributed by atoms with Crippen molar-refractivity contribution in [2.45, 2.75) is 13.3 Å². The van der Waals surface area contributed by atoms with Crippen molar-refractivity contribution in [3.63, 3.8) is 0 Å². The van der Waals surface area contributed by atoms with Gasteiger partial charge in [0, 0.05) is 19.2 Å². The number of halogens is 1. The normalized spacial score (nSPS) is 10.8. The van der Waals surface area contributed by atoms with Crippen LogP contribution in [-0.4, -0.2) is 42.0 Å². The lowest BCUT2D eigenvalue weighted by molar-refractivity contribution is 0.0953. The number of hydrogen-bond donors (Lipinski definition) is 1. The lowest BCUT2D eigenvalue weighted by Crippen LogP contribution is -2.27. The van der Waals surface area contributed by atoms with Gasteiger partial charge in [-0.1, -0.05) is 11.6 Å². The van der Waals surface area contributed by atoms with Crippen LogP contribution in [0.1, 0.15) is 21.6 Å². The molecule has 0 bridgehead atoms. The molecule has 1 aromatic carbocycles. The summed E-state index contributed by atoms with van der Waals surface area (Å²) in [6.07, 6.45) is 8.24. The smallest absolute Gasteiger partial charge is 0.253 e. The third kappa shape index (κ3) is 4.18. The van der Waals surface area contributed by atoms with Crippen LogP contribution in [0.4, 0.5) is 4.39 Å². The first-order valence-electron chi connectivity index (χ1n) is 9.00. The van der Waals surface area contributed by atoms with E-state index >= 15 is 0 Å². The van der Waals surface area contributed by atoms with E-state index in [1.54, 1.807) is 35.6 Å². The summed E-state index contributed by atoms with van der Waals surface area (Å²) in [4.78, 5) is 22.5. The van der Waals surface area contributed by atoms with Crippen LogP contribution < -0.4 is 5.32 Å². The maximum atomic E-state index is 13.0. The number of nitrogens with one attached hydrogen (secondary N) is 1. The minimum Gasteiger partial charge on any atom is -0.352 e. The minimum absolute atomic E-state index is 0.208. The number of imidazole rings is 1. The van der Waals surface area contributed by atoms with Gasteiger partial charge in [-0.05, 0) is 31.2 Å². The van der Waals surface area contributed by atoms with Crippen molar-refractivity contribution in [3.8, 4) is 11.5 Å². The third-order valence-electron chi connectivity index (χ3n) is 4.31. The highest BCUT2D eigenvalue weighted by atomic mass is 19.1. The summed E-state index contributed by atoms with van der Waals surface area (Å²) in [5.41, 5.74) is 2.87. The second kappa shape index (κ2) is 8.01. The maximum absolute atomic E-state index is 13.0. The Hall–Kier alpha value is -3.88. The summed E-state index contributed by atoms with van der Waals surface area (Å²) in [5, 5.41) is 11.1. The van der Waals surface area contributed by atoms with Crippen molar-refractivity contribution in [2.75, 3.05) is 6.54 Å². The molecule has 0 radical (unpaired) electrons. The van der Waals surface area contributed by atoms with Gasteiger partial charge >= 0.3 is 0 Å². The van der Waals surface area contributed by atoms with Gasteiger partial charge in [-0.25, -0.2) is 14.4 Å². The molecule has 1 N–H and O–H groups in total. The Morgan fingerprint density at radius 1 is 1.14 bits per heavy atom. The Morgan fingerprint density at radius 3 is 2.72 bits per heavy atom. The van der Waals surface area contributed by atoms with Crippen LogP contribution in [0.15, 0.2) is 61.4 Å². The summed E-state index contributed by atoms with van der Waals surface area (Å²) in [5.74, 6) is -0.0245. The molecule has 1 amide bonds. The second-order valence-electron chi connectivity index (χ2n) is 6.45. The topological polar surface area (TPSA) is 90.5 Å². The SMILES string of the molecule is Cc1ccc(-n2nccn2)c(C(=O)NCCc2cn(-c3ccc(F)cn3)cn2)c1. The van der Waals surface area contributed by atoms with Crippen LogP contribution in [0.25, 0.3) is 11.5 Å². The number of carbonyl (C=O) groups is 1. The fraction of sp³-hybridized carbons (Fsp3) is 0.150. The molecule has 9 heteroatoms. The van der Waals surface area contributed by atoms with Crippen LogP contribution in [0, 0.1) is 12.7 Å². The molecule has 0 aliphatic carbocycles. The Balaban J connectivity index is 1.41. The summed E-state index contributed by atoms with van der Waals surface area (Å²) in [6.45, 7) is 2.33. The highest BCUT2D eigenvalue weighted by molar-refractivity contribution is 5.97. The van der Waals surface area contributed by atoms with Gasteiger partial charge in [0.25, 0.3) is 5.91 Å². The molecule has 29 heavy (non-hydrogen) atoms. The minimum atomic E-state index is -0.391. The Labute approximate surface area is 166 Å². The summed E-state index contributed by atoms with van der Waals surface area (Å²) >= 11 is 0. The van der Waals surface area contributed by atoms with E-state index in [1.807, 2.05) is 25.1 Å². The monoisotopic (exact) mass is 391 g/mol. The molecule has 0 saturated carbocycles. The average Bonchev–Trinajstić information content (AvgIpc) is 3.41. The summed E-state index contributed by atoms with van der Waals surface area (Å²) < 4.78 is 14.7. The number of carbonyl (C=O) groups excluding carboxylic acids is 1. The van der Waals surface area contributed by atoms with Gasteiger partial charge in [-0.15, -0.1) is 0 Å². The number of rotatable bonds is 6. The van der Waals surface area contributed by atoms with Crippen LogP contribution in [-0.2, 0) is 6.42 Å². The molecule has 3 aromatic heterocycles. The zero-order valence-electron chi connectivity index (χ0n) is 15.7. The van der Waals surface area contributed by atoms with Crippen molar-refractivity contribution in [1.29, 1.82) is 0 Å². The molecule has 0 aliphatic rings. The number of hydrogen-bond acceptors (Lipinski definition) is 5. The van der Waals surface area contributed by atoms with Crippen molar-refractivity contribution in [2.24, 2.45) is 0 Å². The number of pyridine rings is 1. The predicted octanol–water partition coefficient (Wildman–Crippen LogP) is 2.27. The molecule has 0 aliphatic heterocycles. The highest BCUT2D eigenvalue weighted by Crippen LogP contribution is 2.15. The van der Waals surface area contributed by atoms with E-state index in [4.69, 9.17) is 0 Å². The first-order chi connectivity index (χ1) is 14.1. The average molecular weight is 391 g/mol. The van der Waals surface area contributed by atoms with Crippen LogP contribution in [0.5, 0.6) is 0 Å². The molecular weight excluding hydrogens is 373 g/mol. The Kier molecular flexibility index (Phi) is 5.10. The predicted molar refractivity (Wildman–Crippen MR) is 103 cm³/mol.